The summed E-state index contributed by atoms with van der Waals surface area (Å²) in [6.45, 7) is 3.00. The topological polar surface area (TPSA) is 58.7 Å². The van der Waals surface area contributed by atoms with Crippen LogP contribution in [0, 0.1) is 0 Å². The summed E-state index contributed by atoms with van der Waals surface area (Å²) in [6, 6.07) is 13.2. The molecule has 1 unspecified atom stereocenters. The van der Waals surface area contributed by atoms with E-state index in [0.29, 0.717) is 6.04 Å². The quantitative estimate of drug-likeness (QED) is 0.819. The Hall–Kier alpha value is -1.62. The normalized spacial score (nSPS) is 22.2. The number of nitrogens with zero attached hydrogens (tertiary/aromatic N) is 1. The maximum absolute atomic E-state index is 11.6. The second-order valence-electron chi connectivity index (χ2n) is 8.83. The van der Waals surface area contributed by atoms with Gasteiger partial charge in [-0.1, -0.05) is 43.5 Å². The molecule has 2 aromatic carbocycles. The van der Waals surface area contributed by atoms with Crippen LogP contribution in [-0.4, -0.2) is 48.4 Å². The molecule has 2 aliphatic rings. The maximum atomic E-state index is 11.6. The average molecular weight is 383 g/mol. The summed E-state index contributed by atoms with van der Waals surface area (Å²) in [7, 11) is 1.70. The molecule has 4 heteroatoms. The second-order valence-corrected chi connectivity index (χ2v) is 8.83. The van der Waals surface area contributed by atoms with E-state index in [1.54, 1.807) is 7.11 Å². The number of ether oxygens (including phenoxy) is 1. The standard InChI is InChI=1S/C24H34N2O2/c1-28-22-8-7-18-15-20(6-5-19(18)16-22)23(24(27)11-3-2-4-12-24)17-26-13-9-21(25)10-14-26/h5-8,15-16,21,23,27H,2-4,9-14,17,25H2,1H3. The van der Waals surface area contributed by atoms with Crippen LogP contribution < -0.4 is 10.5 Å². The highest BCUT2D eigenvalue weighted by atomic mass is 16.5. The minimum absolute atomic E-state index is 0.147. The van der Waals surface area contributed by atoms with E-state index in [-0.39, 0.29) is 5.92 Å². The third kappa shape index (κ3) is 4.19. The number of rotatable bonds is 5. The van der Waals surface area contributed by atoms with Gasteiger partial charge >= 0.3 is 0 Å². The van der Waals surface area contributed by atoms with Crippen molar-refractivity contribution in [3.8, 4) is 5.75 Å². The number of piperidine rings is 1. The van der Waals surface area contributed by atoms with Crippen molar-refractivity contribution in [1.82, 2.24) is 4.90 Å². The molecule has 4 nitrogen and oxygen atoms in total. The molecule has 1 aliphatic carbocycles. The van der Waals surface area contributed by atoms with Gasteiger partial charge in [-0.05, 0) is 67.2 Å². The summed E-state index contributed by atoms with van der Waals surface area (Å²) >= 11 is 0. The zero-order valence-corrected chi connectivity index (χ0v) is 17.1. The highest BCUT2D eigenvalue weighted by Crippen LogP contribution is 2.41. The summed E-state index contributed by atoms with van der Waals surface area (Å²) in [5.41, 5.74) is 6.77. The molecule has 28 heavy (non-hydrogen) atoms. The lowest BCUT2D eigenvalue weighted by molar-refractivity contribution is -0.0324. The van der Waals surface area contributed by atoms with E-state index in [1.165, 1.54) is 22.8 Å². The van der Waals surface area contributed by atoms with Gasteiger partial charge in [-0.3, -0.25) is 0 Å². The molecule has 1 aliphatic heterocycles. The van der Waals surface area contributed by atoms with Gasteiger partial charge in [-0.25, -0.2) is 0 Å². The van der Waals surface area contributed by atoms with Gasteiger partial charge in [0, 0.05) is 18.5 Å². The summed E-state index contributed by atoms with van der Waals surface area (Å²) < 4.78 is 5.36. The fraction of sp³-hybridized carbons (Fsp3) is 0.583. The van der Waals surface area contributed by atoms with Crippen LogP contribution in [0.4, 0.5) is 0 Å². The van der Waals surface area contributed by atoms with Crippen LogP contribution in [0.3, 0.4) is 0 Å². The van der Waals surface area contributed by atoms with Crippen LogP contribution in [0.25, 0.3) is 10.8 Å². The molecule has 1 atom stereocenters. The Balaban J connectivity index is 1.64. The Morgan fingerprint density at radius 2 is 1.75 bits per heavy atom. The SMILES string of the molecule is COc1ccc2cc(C(CN3CCC(N)CC3)C3(O)CCCCC3)ccc2c1. The van der Waals surface area contributed by atoms with Crippen LogP contribution in [0.1, 0.15) is 56.4 Å². The van der Waals surface area contributed by atoms with Gasteiger partial charge in [0.1, 0.15) is 5.75 Å². The summed E-state index contributed by atoms with van der Waals surface area (Å²) in [4.78, 5) is 2.51. The van der Waals surface area contributed by atoms with Crippen LogP contribution in [-0.2, 0) is 0 Å². The molecule has 1 saturated heterocycles. The molecule has 1 saturated carbocycles. The first-order valence-corrected chi connectivity index (χ1v) is 10.9. The van der Waals surface area contributed by atoms with E-state index in [2.05, 4.69) is 35.2 Å². The fourth-order valence-corrected chi connectivity index (χ4v) is 5.08. The zero-order chi connectivity index (χ0) is 19.6. The van der Waals surface area contributed by atoms with Crippen molar-refractivity contribution in [2.24, 2.45) is 5.73 Å². The molecule has 2 fully saturated rings. The number of likely N-dealkylation sites (tertiary alicyclic amines) is 1. The number of benzene rings is 2. The lowest BCUT2D eigenvalue weighted by Gasteiger charge is -2.43. The van der Waals surface area contributed by atoms with Gasteiger partial charge in [0.05, 0.1) is 12.7 Å². The molecular formula is C24H34N2O2. The van der Waals surface area contributed by atoms with E-state index in [4.69, 9.17) is 10.5 Å². The predicted molar refractivity (Wildman–Crippen MR) is 115 cm³/mol. The molecule has 3 N–H and O–H groups in total. The highest BCUT2D eigenvalue weighted by Gasteiger charge is 2.39. The molecule has 1 heterocycles. The smallest absolute Gasteiger partial charge is 0.119 e. The van der Waals surface area contributed by atoms with Gasteiger partial charge in [0.15, 0.2) is 0 Å². The first kappa shape index (κ1) is 19.7. The fourth-order valence-electron chi connectivity index (χ4n) is 5.08. The van der Waals surface area contributed by atoms with Gasteiger partial charge in [-0.15, -0.1) is 0 Å². The molecule has 0 radical (unpaired) electrons. The van der Waals surface area contributed by atoms with Crippen molar-refractivity contribution in [3.63, 3.8) is 0 Å². The van der Waals surface area contributed by atoms with Crippen LogP contribution >= 0.6 is 0 Å². The lowest BCUT2D eigenvalue weighted by atomic mass is 9.72. The van der Waals surface area contributed by atoms with E-state index in [9.17, 15) is 5.11 Å². The molecule has 152 valence electrons. The van der Waals surface area contributed by atoms with E-state index >= 15 is 0 Å². The number of fused-ring (bicyclic) bond motifs is 1. The molecule has 0 bridgehead atoms. The number of hydrogen-bond donors (Lipinski definition) is 2. The Morgan fingerprint density at radius 1 is 1.07 bits per heavy atom. The van der Waals surface area contributed by atoms with E-state index < -0.39 is 5.60 Å². The Bertz CT molecular complexity index is 792. The van der Waals surface area contributed by atoms with E-state index in [0.717, 1.165) is 63.9 Å². The summed E-state index contributed by atoms with van der Waals surface area (Å²) in [6.07, 6.45) is 7.43. The monoisotopic (exact) mass is 382 g/mol. The maximum Gasteiger partial charge on any atom is 0.119 e. The van der Waals surface area contributed by atoms with Crippen molar-refractivity contribution < 1.29 is 9.84 Å². The van der Waals surface area contributed by atoms with Gasteiger partial charge < -0.3 is 20.5 Å². The average Bonchev–Trinajstić information content (AvgIpc) is 2.73. The minimum atomic E-state index is -0.599. The van der Waals surface area contributed by atoms with Gasteiger partial charge in [0.25, 0.3) is 0 Å². The van der Waals surface area contributed by atoms with Crippen molar-refractivity contribution in [1.29, 1.82) is 0 Å². The van der Waals surface area contributed by atoms with Crippen LogP contribution in [0.15, 0.2) is 36.4 Å². The Labute approximate surface area is 168 Å². The largest absolute Gasteiger partial charge is 0.497 e. The molecule has 0 spiro atoms. The zero-order valence-electron chi connectivity index (χ0n) is 17.1. The molecule has 0 aromatic heterocycles. The van der Waals surface area contributed by atoms with Crippen molar-refractivity contribution >= 4 is 10.8 Å². The molecule has 2 aromatic rings. The van der Waals surface area contributed by atoms with E-state index in [1.807, 2.05) is 6.07 Å². The van der Waals surface area contributed by atoms with Crippen molar-refractivity contribution in [3.05, 3.63) is 42.0 Å². The number of aliphatic hydroxyl groups is 1. The minimum Gasteiger partial charge on any atom is -0.497 e. The third-order valence-corrected chi connectivity index (χ3v) is 6.91. The number of hydrogen-bond acceptors (Lipinski definition) is 4. The number of nitrogens with two attached hydrogens (primary N) is 1. The van der Waals surface area contributed by atoms with Crippen molar-refractivity contribution in [2.45, 2.75) is 62.5 Å². The lowest BCUT2D eigenvalue weighted by Crippen LogP contribution is -2.47. The van der Waals surface area contributed by atoms with Crippen LogP contribution in [0.5, 0.6) is 5.75 Å². The molecule has 0 amide bonds. The molecular weight excluding hydrogens is 348 g/mol. The number of methoxy groups -OCH3 is 1. The van der Waals surface area contributed by atoms with Gasteiger partial charge in [0.2, 0.25) is 0 Å². The Morgan fingerprint density at radius 3 is 2.46 bits per heavy atom. The second kappa shape index (κ2) is 8.40. The van der Waals surface area contributed by atoms with Crippen LogP contribution in [0.2, 0.25) is 0 Å². The third-order valence-electron chi connectivity index (χ3n) is 6.91. The Kier molecular flexibility index (Phi) is 5.91. The van der Waals surface area contributed by atoms with Crippen molar-refractivity contribution in [2.75, 3.05) is 26.7 Å². The summed E-state index contributed by atoms with van der Waals surface area (Å²) in [5.74, 6) is 1.03. The first-order chi connectivity index (χ1) is 13.6. The first-order valence-electron chi connectivity index (χ1n) is 10.9. The predicted octanol–water partition coefficient (Wildman–Crippen LogP) is 4.05. The highest BCUT2D eigenvalue weighted by molar-refractivity contribution is 5.84. The van der Waals surface area contributed by atoms with Gasteiger partial charge in [-0.2, -0.15) is 0 Å². The summed E-state index contributed by atoms with van der Waals surface area (Å²) in [5, 5.41) is 14.0. The molecule has 4 rings (SSSR count).